The summed E-state index contributed by atoms with van der Waals surface area (Å²) < 4.78 is 0.967. The Morgan fingerprint density at radius 1 is 0.909 bits per heavy atom. The van der Waals surface area contributed by atoms with Crippen molar-refractivity contribution in [2.24, 2.45) is 0 Å². The summed E-state index contributed by atoms with van der Waals surface area (Å²) in [5.41, 5.74) is 4.71. The van der Waals surface area contributed by atoms with E-state index >= 15 is 0 Å². The van der Waals surface area contributed by atoms with Crippen molar-refractivity contribution in [1.29, 1.82) is 0 Å². The molecule has 3 aromatic rings. The summed E-state index contributed by atoms with van der Waals surface area (Å²) >= 11 is 2.35. The first kappa shape index (κ1) is 32.4. The van der Waals surface area contributed by atoms with Crippen molar-refractivity contribution in [3.8, 4) is 0 Å². The van der Waals surface area contributed by atoms with Crippen LogP contribution >= 0.6 is 22.6 Å². The summed E-state index contributed by atoms with van der Waals surface area (Å²) in [6.45, 7) is 4.91. The molecular formula is C37H45IN4O2. The number of hydrogen-bond acceptors (Lipinski definition) is 4. The van der Waals surface area contributed by atoms with Gasteiger partial charge in [-0.1, -0.05) is 114 Å². The number of hydrogen-bond donors (Lipinski definition) is 2. The smallest absolute Gasteiger partial charge is 0.244 e. The van der Waals surface area contributed by atoms with E-state index in [1.807, 2.05) is 30.3 Å². The van der Waals surface area contributed by atoms with Gasteiger partial charge in [0, 0.05) is 48.6 Å². The van der Waals surface area contributed by atoms with Crippen molar-refractivity contribution in [2.45, 2.75) is 54.5 Å². The van der Waals surface area contributed by atoms with Crippen molar-refractivity contribution in [1.82, 2.24) is 20.4 Å². The fraction of sp³-hybridized carbons (Fsp3) is 0.405. The lowest BCUT2D eigenvalue weighted by Crippen LogP contribution is -2.50. The first-order valence-corrected chi connectivity index (χ1v) is 17.6. The van der Waals surface area contributed by atoms with E-state index in [-0.39, 0.29) is 29.8 Å². The molecule has 2 heterocycles. The Morgan fingerprint density at radius 3 is 2.20 bits per heavy atom. The molecule has 2 amide bonds. The lowest BCUT2D eigenvalue weighted by Gasteiger charge is -2.31. The highest BCUT2D eigenvalue weighted by atomic mass is 127. The van der Waals surface area contributed by atoms with E-state index in [9.17, 15) is 9.59 Å². The highest BCUT2D eigenvalue weighted by molar-refractivity contribution is 14.1. The summed E-state index contributed by atoms with van der Waals surface area (Å²) in [5, 5.41) is 6.76. The summed E-state index contributed by atoms with van der Waals surface area (Å²) in [5.74, 6) is 0.147. The lowest BCUT2D eigenvalue weighted by molar-refractivity contribution is -0.133. The Labute approximate surface area is 276 Å². The van der Waals surface area contributed by atoms with Gasteiger partial charge in [0.1, 0.15) is 0 Å². The Bertz CT molecular complexity index is 1300. The molecule has 232 valence electrons. The largest absolute Gasteiger partial charge is 0.351 e. The second kappa shape index (κ2) is 16.9. The number of likely N-dealkylation sites (tertiary alicyclic amines) is 1. The molecule has 2 aliphatic heterocycles. The van der Waals surface area contributed by atoms with Gasteiger partial charge in [0.05, 0.1) is 6.04 Å². The molecular weight excluding hydrogens is 659 g/mol. The Balaban J connectivity index is 1.27. The molecule has 0 aromatic heterocycles. The quantitative estimate of drug-likeness (QED) is 0.138. The summed E-state index contributed by atoms with van der Waals surface area (Å²) in [4.78, 5) is 31.5. The molecule has 3 aromatic carbocycles. The van der Waals surface area contributed by atoms with Crippen molar-refractivity contribution in [3.05, 3.63) is 113 Å². The van der Waals surface area contributed by atoms with Crippen LogP contribution < -0.4 is 10.6 Å². The van der Waals surface area contributed by atoms with Crippen LogP contribution in [-0.2, 0) is 14.0 Å². The molecule has 2 aliphatic rings. The van der Waals surface area contributed by atoms with E-state index < -0.39 is 0 Å². The second-order valence-corrected chi connectivity index (χ2v) is 12.8. The van der Waals surface area contributed by atoms with Crippen LogP contribution in [0.1, 0.15) is 60.3 Å². The number of halogens is 1. The minimum atomic E-state index is -0.277. The first-order valence-electron chi connectivity index (χ1n) is 16.1. The van der Waals surface area contributed by atoms with Crippen LogP contribution in [0, 0.1) is 0 Å². The Kier molecular flexibility index (Phi) is 12.4. The third kappa shape index (κ3) is 9.49. The van der Waals surface area contributed by atoms with Crippen molar-refractivity contribution < 1.29 is 9.59 Å². The third-order valence-electron chi connectivity index (χ3n) is 8.87. The number of carbonyl (C=O) groups is 2. The monoisotopic (exact) mass is 704 g/mol. The number of amides is 2. The van der Waals surface area contributed by atoms with Crippen LogP contribution in [0.15, 0.2) is 91.0 Å². The van der Waals surface area contributed by atoms with E-state index in [1.54, 1.807) is 6.08 Å². The molecule has 0 bridgehead atoms. The van der Waals surface area contributed by atoms with Gasteiger partial charge in [-0.3, -0.25) is 9.59 Å². The average molecular weight is 705 g/mol. The molecule has 0 unspecified atom stereocenters. The number of alkyl halides is 1. The molecule has 2 atom stereocenters. The van der Waals surface area contributed by atoms with Gasteiger partial charge in [-0.25, -0.2) is 0 Å². The van der Waals surface area contributed by atoms with Crippen molar-refractivity contribution >= 4 is 40.5 Å². The molecule has 0 radical (unpaired) electrons. The fourth-order valence-electron chi connectivity index (χ4n) is 6.29. The highest BCUT2D eigenvalue weighted by Gasteiger charge is 2.33. The van der Waals surface area contributed by atoms with E-state index in [4.69, 9.17) is 0 Å². The predicted molar refractivity (Wildman–Crippen MR) is 188 cm³/mol. The fourth-order valence-corrected chi connectivity index (χ4v) is 6.80. The van der Waals surface area contributed by atoms with Crippen molar-refractivity contribution in [2.75, 3.05) is 39.3 Å². The van der Waals surface area contributed by atoms with E-state index in [1.165, 1.54) is 36.0 Å². The zero-order valence-electron chi connectivity index (χ0n) is 25.5. The molecule has 5 rings (SSSR count). The third-order valence-corrected chi connectivity index (χ3v) is 9.75. The first-order chi connectivity index (χ1) is 21.6. The number of carbonyl (C=O) groups excluding carboxylic acids is 2. The predicted octanol–water partition coefficient (Wildman–Crippen LogP) is 6.02. The van der Waals surface area contributed by atoms with E-state index in [2.05, 4.69) is 104 Å². The summed E-state index contributed by atoms with van der Waals surface area (Å²) in [6.07, 6.45) is 8.78. The maximum absolute atomic E-state index is 14.2. The van der Waals surface area contributed by atoms with Gasteiger partial charge in [0.25, 0.3) is 0 Å². The van der Waals surface area contributed by atoms with Crippen molar-refractivity contribution in [3.63, 3.8) is 0 Å². The van der Waals surface area contributed by atoms with Gasteiger partial charge in [0.2, 0.25) is 11.8 Å². The SMILES string of the molecule is O=C(/C=C/c1ccc(CI)cc1)NC[C@@H]1CCN(CC(c2ccccc2)c2ccccc2)C(=O)[C@H](CCN2CCCCC2)N1. The molecule has 0 spiro atoms. The molecule has 2 fully saturated rings. The summed E-state index contributed by atoms with van der Waals surface area (Å²) in [7, 11) is 0. The molecule has 6 nitrogen and oxygen atoms in total. The standard InChI is InChI=1S/C37H45IN4O2/c38-26-30-16-14-29(15-17-30)18-19-36(43)39-27-33-20-25-42(37(44)35(40-33)21-24-41-22-8-3-9-23-41)28-34(31-10-4-1-5-11-31)32-12-6-2-7-13-32/h1-2,4-7,10-19,33-35,40H,3,8-9,20-28H2,(H,39,43)/b19-18+/t33-,35-/m0/s1. The molecule has 2 N–H and O–H groups in total. The molecule has 7 heteroatoms. The minimum absolute atomic E-state index is 0.0162. The lowest BCUT2D eigenvalue weighted by atomic mass is 9.90. The normalized spacial score (nSPS) is 19.8. The molecule has 44 heavy (non-hydrogen) atoms. The average Bonchev–Trinajstić information content (AvgIpc) is 3.23. The maximum atomic E-state index is 14.2. The number of benzene rings is 3. The zero-order chi connectivity index (χ0) is 30.6. The molecule has 0 aliphatic carbocycles. The number of nitrogens with zero attached hydrogens (tertiary/aromatic N) is 2. The van der Waals surface area contributed by atoms with Gasteiger partial charge in [-0.05, 0) is 67.1 Å². The maximum Gasteiger partial charge on any atom is 0.244 e. The topological polar surface area (TPSA) is 64.7 Å². The molecule has 0 saturated carbocycles. The minimum Gasteiger partial charge on any atom is -0.351 e. The Morgan fingerprint density at radius 2 is 1.57 bits per heavy atom. The second-order valence-electron chi connectivity index (χ2n) is 12.0. The van der Waals surface area contributed by atoms with Gasteiger partial charge < -0.3 is 20.4 Å². The van der Waals surface area contributed by atoms with Crippen LogP contribution in [0.5, 0.6) is 0 Å². The Hall–Kier alpha value is -3.01. The van der Waals surface area contributed by atoms with Crippen LogP contribution in [0.25, 0.3) is 6.08 Å². The zero-order valence-corrected chi connectivity index (χ0v) is 27.7. The van der Waals surface area contributed by atoms with Gasteiger partial charge in [-0.2, -0.15) is 0 Å². The van der Waals surface area contributed by atoms with Gasteiger partial charge in [-0.15, -0.1) is 0 Å². The number of rotatable bonds is 12. The number of nitrogens with one attached hydrogen (secondary N) is 2. The summed E-state index contributed by atoms with van der Waals surface area (Å²) in [6, 6.07) is 29.0. The molecule has 2 saturated heterocycles. The van der Waals surface area contributed by atoms with E-state index in [0.29, 0.717) is 19.6 Å². The van der Waals surface area contributed by atoms with Crippen LogP contribution in [-0.4, -0.2) is 73.0 Å². The van der Waals surface area contributed by atoms with Crippen LogP contribution in [0.4, 0.5) is 0 Å². The van der Waals surface area contributed by atoms with Gasteiger partial charge in [0.15, 0.2) is 0 Å². The van der Waals surface area contributed by atoms with Crippen LogP contribution in [0.3, 0.4) is 0 Å². The van der Waals surface area contributed by atoms with Crippen LogP contribution in [0.2, 0.25) is 0 Å². The number of piperidine rings is 1. The highest BCUT2D eigenvalue weighted by Crippen LogP contribution is 2.27. The van der Waals surface area contributed by atoms with Gasteiger partial charge >= 0.3 is 0 Å². The van der Waals surface area contributed by atoms with E-state index in [0.717, 1.165) is 42.5 Å².